The highest BCUT2D eigenvalue weighted by molar-refractivity contribution is 5.56. The van der Waals surface area contributed by atoms with Crippen molar-refractivity contribution < 1.29 is 4.92 Å². The molecule has 8 heteroatoms. The number of anilines is 1. The summed E-state index contributed by atoms with van der Waals surface area (Å²) >= 11 is 0. The fraction of sp³-hybridized carbons (Fsp3) is 0.538. The Morgan fingerprint density at radius 3 is 2.90 bits per heavy atom. The highest BCUT2D eigenvalue weighted by Crippen LogP contribution is 2.20. The van der Waals surface area contributed by atoms with Crippen LogP contribution in [0.1, 0.15) is 5.56 Å². The summed E-state index contributed by atoms with van der Waals surface area (Å²) in [4.78, 5) is 18.4. The van der Waals surface area contributed by atoms with Gasteiger partial charge in [-0.1, -0.05) is 0 Å². The van der Waals surface area contributed by atoms with Crippen LogP contribution < -0.4 is 10.2 Å². The molecule has 112 valence electrons. The number of likely N-dealkylation sites (N-methyl/N-ethyl adjacent to an activating group) is 1. The Labute approximate surface area is 123 Å². The van der Waals surface area contributed by atoms with Crippen LogP contribution in [0.15, 0.2) is 12.3 Å². The van der Waals surface area contributed by atoms with E-state index in [9.17, 15) is 10.1 Å². The molecule has 21 heavy (non-hydrogen) atoms. The van der Waals surface area contributed by atoms with Crippen molar-refractivity contribution in [2.75, 3.05) is 51.2 Å². The summed E-state index contributed by atoms with van der Waals surface area (Å²) in [5.74, 6) is 0.484. The number of nitro groups is 1. The van der Waals surface area contributed by atoms with Crippen LogP contribution in [0.5, 0.6) is 0 Å². The van der Waals surface area contributed by atoms with Gasteiger partial charge in [-0.2, -0.15) is 5.26 Å². The van der Waals surface area contributed by atoms with Gasteiger partial charge in [-0.15, -0.1) is 0 Å². The van der Waals surface area contributed by atoms with Gasteiger partial charge in [0.25, 0.3) is 5.69 Å². The smallest absolute Gasteiger partial charge is 0.289 e. The molecule has 1 aromatic rings. The molecule has 0 bridgehead atoms. The van der Waals surface area contributed by atoms with Crippen molar-refractivity contribution in [2.24, 2.45) is 0 Å². The first-order valence-electron chi connectivity index (χ1n) is 6.80. The number of hydrogen-bond donors (Lipinski definition) is 1. The largest absolute Gasteiger partial charge is 0.357 e. The molecule has 8 nitrogen and oxygen atoms in total. The predicted molar refractivity (Wildman–Crippen MR) is 78.2 cm³/mol. The lowest BCUT2D eigenvalue weighted by molar-refractivity contribution is -0.385. The van der Waals surface area contributed by atoms with Crippen LogP contribution in [0.4, 0.5) is 11.5 Å². The van der Waals surface area contributed by atoms with E-state index in [1.165, 1.54) is 12.3 Å². The molecule has 2 heterocycles. The molecule has 1 aliphatic heterocycles. The summed E-state index contributed by atoms with van der Waals surface area (Å²) in [5, 5.41) is 23.1. The van der Waals surface area contributed by atoms with Gasteiger partial charge >= 0.3 is 0 Å². The fourth-order valence-corrected chi connectivity index (χ4v) is 2.26. The number of pyridine rings is 1. The van der Waals surface area contributed by atoms with Crippen molar-refractivity contribution in [3.8, 4) is 6.07 Å². The minimum absolute atomic E-state index is 0.161. The van der Waals surface area contributed by atoms with E-state index in [0.29, 0.717) is 5.82 Å². The molecule has 1 fully saturated rings. The third-order valence-corrected chi connectivity index (χ3v) is 3.51. The van der Waals surface area contributed by atoms with Crippen LogP contribution in [-0.2, 0) is 0 Å². The maximum atomic E-state index is 10.7. The molecule has 1 aromatic heterocycles. The van der Waals surface area contributed by atoms with Crippen molar-refractivity contribution in [2.45, 2.75) is 0 Å². The van der Waals surface area contributed by atoms with E-state index in [-0.39, 0.29) is 11.3 Å². The summed E-state index contributed by atoms with van der Waals surface area (Å²) in [6, 6.07) is 3.24. The van der Waals surface area contributed by atoms with E-state index in [2.05, 4.69) is 15.2 Å². The summed E-state index contributed by atoms with van der Waals surface area (Å²) in [6.45, 7) is 5.59. The van der Waals surface area contributed by atoms with Crippen LogP contribution in [-0.4, -0.2) is 61.1 Å². The van der Waals surface area contributed by atoms with Crippen LogP contribution in [0.2, 0.25) is 0 Å². The fourth-order valence-electron chi connectivity index (χ4n) is 2.26. The van der Waals surface area contributed by atoms with Gasteiger partial charge in [-0.05, 0) is 0 Å². The Hall–Kier alpha value is -2.24. The second-order valence-electron chi connectivity index (χ2n) is 4.95. The number of aromatic nitrogens is 1. The highest BCUT2D eigenvalue weighted by Gasteiger charge is 2.16. The lowest BCUT2D eigenvalue weighted by atomic mass is 10.2. The standard InChI is InChI=1S/C13H18N6O2/c1-17(6-7-18-4-2-15-3-5-18)13-11(9-14)8-12(10-16-13)19(20)21/h8,10,15H,2-7H2,1H3. The zero-order valence-electron chi connectivity index (χ0n) is 11.9. The second-order valence-corrected chi connectivity index (χ2v) is 4.95. The minimum Gasteiger partial charge on any atom is -0.357 e. The molecule has 1 saturated heterocycles. The zero-order chi connectivity index (χ0) is 15.2. The quantitative estimate of drug-likeness (QED) is 0.611. The first kappa shape index (κ1) is 15.2. The Bertz CT molecular complexity index is 550. The van der Waals surface area contributed by atoms with Gasteiger partial charge in [0.2, 0.25) is 0 Å². The lowest BCUT2D eigenvalue weighted by Gasteiger charge is -2.29. The monoisotopic (exact) mass is 290 g/mol. The van der Waals surface area contributed by atoms with Gasteiger partial charge in [0.15, 0.2) is 0 Å². The minimum atomic E-state index is -0.543. The van der Waals surface area contributed by atoms with Crippen LogP contribution in [0, 0.1) is 21.4 Å². The Morgan fingerprint density at radius 1 is 1.57 bits per heavy atom. The maximum Gasteiger partial charge on any atom is 0.289 e. The van der Waals surface area contributed by atoms with Crippen LogP contribution in [0.25, 0.3) is 0 Å². The van der Waals surface area contributed by atoms with Crippen molar-refractivity contribution >= 4 is 11.5 Å². The van der Waals surface area contributed by atoms with Gasteiger partial charge in [0.05, 0.1) is 4.92 Å². The van der Waals surface area contributed by atoms with Gasteiger partial charge < -0.3 is 10.2 Å². The number of nitrogens with zero attached hydrogens (tertiary/aromatic N) is 5. The van der Waals surface area contributed by atoms with Crippen molar-refractivity contribution in [3.63, 3.8) is 0 Å². The molecule has 0 amide bonds. The van der Waals surface area contributed by atoms with Gasteiger partial charge in [-0.3, -0.25) is 15.0 Å². The lowest BCUT2D eigenvalue weighted by Crippen LogP contribution is -2.46. The molecule has 1 aliphatic rings. The molecule has 0 radical (unpaired) electrons. The van der Waals surface area contributed by atoms with E-state index in [0.717, 1.165) is 39.3 Å². The second kappa shape index (κ2) is 6.97. The average molecular weight is 290 g/mol. The zero-order valence-corrected chi connectivity index (χ0v) is 11.9. The van der Waals surface area contributed by atoms with Crippen LogP contribution in [0.3, 0.4) is 0 Å². The van der Waals surface area contributed by atoms with E-state index in [1.807, 2.05) is 18.0 Å². The molecule has 0 saturated carbocycles. The molecular formula is C13H18N6O2. The Kier molecular flexibility index (Phi) is 5.03. The Morgan fingerprint density at radius 2 is 2.29 bits per heavy atom. The Balaban J connectivity index is 2.02. The molecular weight excluding hydrogens is 272 g/mol. The molecule has 1 N–H and O–H groups in total. The van der Waals surface area contributed by atoms with E-state index in [1.54, 1.807) is 0 Å². The average Bonchev–Trinajstić information content (AvgIpc) is 2.52. The van der Waals surface area contributed by atoms with Gasteiger partial charge in [0.1, 0.15) is 23.6 Å². The summed E-state index contributed by atoms with van der Waals surface area (Å²) in [7, 11) is 1.84. The van der Waals surface area contributed by atoms with E-state index >= 15 is 0 Å². The molecule has 0 spiro atoms. The maximum absolute atomic E-state index is 10.7. The first-order valence-corrected chi connectivity index (χ1v) is 6.80. The molecule has 0 aromatic carbocycles. The summed E-state index contributed by atoms with van der Waals surface area (Å²) in [6.07, 6.45) is 1.19. The van der Waals surface area contributed by atoms with E-state index in [4.69, 9.17) is 5.26 Å². The van der Waals surface area contributed by atoms with Crippen molar-refractivity contribution in [1.29, 1.82) is 5.26 Å². The van der Waals surface area contributed by atoms with Crippen molar-refractivity contribution in [1.82, 2.24) is 15.2 Å². The normalized spacial score (nSPS) is 15.4. The van der Waals surface area contributed by atoms with Crippen LogP contribution >= 0.6 is 0 Å². The number of hydrogen-bond acceptors (Lipinski definition) is 7. The third-order valence-electron chi connectivity index (χ3n) is 3.51. The third kappa shape index (κ3) is 3.87. The number of nitriles is 1. The number of rotatable bonds is 5. The topological polar surface area (TPSA) is 98.3 Å². The van der Waals surface area contributed by atoms with E-state index < -0.39 is 4.92 Å². The highest BCUT2D eigenvalue weighted by atomic mass is 16.6. The molecule has 0 aliphatic carbocycles. The first-order chi connectivity index (χ1) is 10.1. The van der Waals surface area contributed by atoms with Gasteiger partial charge in [-0.25, -0.2) is 4.98 Å². The number of piperazine rings is 1. The molecule has 2 rings (SSSR count). The van der Waals surface area contributed by atoms with Gasteiger partial charge in [0, 0.05) is 52.4 Å². The predicted octanol–water partition coefficient (Wildman–Crippen LogP) is 0.203. The molecule has 0 unspecified atom stereocenters. The summed E-state index contributed by atoms with van der Waals surface area (Å²) in [5.41, 5.74) is 0.0674. The summed E-state index contributed by atoms with van der Waals surface area (Å²) < 4.78 is 0. The van der Waals surface area contributed by atoms with Crippen molar-refractivity contribution in [3.05, 3.63) is 27.9 Å². The molecule has 0 atom stereocenters. The SMILES string of the molecule is CN(CCN1CCNCC1)c1ncc([N+](=O)[O-])cc1C#N. The number of nitrogens with one attached hydrogen (secondary N) is 1.